The summed E-state index contributed by atoms with van der Waals surface area (Å²) in [5, 5.41) is 5.08. The molecule has 1 unspecified atom stereocenters. The highest BCUT2D eigenvalue weighted by atomic mass is 79.9. The lowest BCUT2D eigenvalue weighted by Crippen LogP contribution is -2.46. The van der Waals surface area contributed by atoms with Crippen LogP contribution in [0, 0.1) is 6.92 Å². The van der Waals surface area contributed by atoms with Crippen LogP contribution in [0.25, 0.3) is 0 Å². The van der Waals surface area contributed by atoms with Crippen LogP contribution in [-0.4, -0.2) is 38.6 Å². The zero-order chi connectivity index (χ0) is 22.5. The maximum absolute atomic E-state index is 12.4. The molecule has 0 aliphatic heterocycles. The number of rotatable bonds is 8. The molecule has 0 bridgehead atoms. The molecule has 0 saturated heterocycles. The molecule has 30 heavy (non-hydrogen) atoms. The smallest absolute Gasteiger partial charge is 0.243 e. The summed E-state index contributed by atoms with van der Waals surface area (Å²) in [6.07, 6.45) is 0. The van der Waals surface area contributed by atoms with Gasteiger partial charge < -0.3 is 10.6 Å². The molecule has 2 aromatic carbocycles. The molecule has 2 rings (SSSR count). The number of nitrogens with one attached hydrogen (secondary N) is 3. The van der Waals surface area contributed by atoms with Crippen LogP contribution in [0.5, 0.6) is 0 Å². The molecule has 8 nitrogen and oxygen atoms in total. The van der Waals surface area contributed by atoms with Crippen LogP contribution < -0.4 is 15.4 Å². The van der Waals surface area contributed by atoms with Gasteiger partial charge in [0.2, 0.25) is 21.8 Å². The van der Waals surface area contributed by atoms with E-state index >= 15 is 0 Å². The van der Waals surface area contributed by atoms with Crippen LogP contribution >= 0.6 is 15.9 Å². The van der Waals surface area contributed by atoms with Crippen molar-refractivity contribution in [2.75, 3.05) is 11.9 Å². The van der Waals surface area contributed by atoms with E-state index in [4.69, 9.17) is 0 Å². The molecule has 0 aliphatic rings. The van der Waals surface area contributed by atoms with E-state index in [9.17, 15) is 22.8 Å². The number of hydrogen-bond donors (Lipinski definition) is 3. The third-order valence-electron chi connectivity index (χ3n) is 4.18. The molecule has 0 saturated carbocycles. The van der Waals surface area contributed by atoms with Crippen molar-refractivity contribution in [1.29, 1.82) is 0 Å². The molecule has 0 radical (unpaired) electrons. The van der Waals surface area contributed by atoms with Crippen molar-refractivity contribution in [2.45, 2.75) is 31.7 Å². The monoisotopic (exact) mass is 495 g/mol. The number of carbonyl (C=O) groups is 3. The summed E-state index contributed by atoms with van der Waals surface area (Å²) in [6.45, 7) is 4.27. The fourth-order valence-corrected chi connectivity index (χ4v) is 4.18. The zero-order valence-electron chi connectivity index (χ0n) is 16.7. The van der Waals surface area contributed by atoms with Crippen LogP contribution in [0.2, 0.25) is 0 Å². The molecule has 10 heteroatoms. The molecule has 0 aromatic heterocycles. The molecule has 160 valence electrons. The lowest BCUT2D eigenvalue weighted by Gasteiger charge is -2.15. The van der Waals surface area contributed by atoms with E-state index in [2.05, 4.69) is 31.3 Å². The SMILES string of the molecule is CC(=O)c1ccc(S(=O)(=O)NC(C)C(=O)NCC(=O)Nc2ccc(Br)cc2C)cc1. The first-order valence-electron chi connectivity index (χ1n) is 8.96. The highest BCUT2D eigenvalue weighted by Crippen LogP contribution is 2.19. The van der Waals surface area contributed by atoms with E-state index in [1.54, 1.807) is 12.1 Å². The summed E-state index contributed by atoms with van der Waals surface area (Å²) >= 11 is 3.34. The van der Waals surface area contributed by atoms with Gasteiger partial charge in [-0.05, 0) is 56.7 Å². The summed E-state index contributed by atoms with van der Waals surface area (Å²) < 4.78 is 28.0. The Labute approximate surface area is 183 Å². The number of halogens is 1. The summed E-state index contributed by atoms with van der Waals surface area (Å²) in [7, 11) is -3.97. The van der Waals surface area contributed by atoms with Gasteiger partial charge in [-0.3, -0.25) is 14.4 Å². The van der Waals surface area contributed by atoms with Gasteiger partial charge in [-0.2, -0.15) is 4.72 Å². The van der Waals surface area contributed by atoms with E-state index < -0.39 is 27.9 Å². The highest BCUT2D eigenvalue weighted by Gasteiger charge is 2.22. The van der Waals surface area contributed by atoms with Crippen molar-refractivity contribution in [2.24, 2.45) is 0 Å². The summed E-state index contributed by atoms with van der Waals surface area (Å²) in [5.41, 5.74) is 1.84. The number of carbonyl (C=O) groups excluding carboxylic acids is 3. The summed E-state index contributed by atoms with van der Waals surface area (Å²) in [6, 6.07) is 9.62. The lowest BCUT2D eigenvalue weighted by molar-refractivity contribution is -0.125. The van der Waals surface area contributed by atoms with Crippen molar-refractivity contribution in [3.63, 3.8) is 0 Å². The number of amides is 2. The van der Waals surface area contributed by atoms with Crippen molar-refractivity contribution in [3.8, 4) is 0 Å². The first-order valence-corrected chi connectivity index (χ1v) is 11.2. The Morgan fingerprint density at radius 1 is 1.07 bits per heavy atom. The van der Waals surface area contributed by atoms with Gasteiger partial charge in [-0.1, -0.05) is 28.1 Å². The van der Waals surface area contributed by atoms with E-state index in [-0.39, 0.29) is 17.2 Å². The minimum atomic E-state index is -3.97. The molecule has 0 spiro atoms. The van der Waals surface area contributed by atoms with E-state index in [0.717, 1.165) is 10.0 Å². The Kier molecular flexibility index (Phi) is 7.88. The first-order chi connectivity index (χ1) is 14.0. The summed E-state index contributed by atoms with van der Waals surface area (Å²) in [5.74, 6) is -1.28. The number of hydrogen-bond acceptors (Lipinski definition) is 5. The molecule has 1 atom stereocenters. The number of anilines is 1. The Balaban J connectivity index is 1.91. The van der Waals surface area contributed by atoms with Crippen molar-refractivity contribution in [3.05, 3.63) is 58.1 Å². The van der Waals surface area contributed by atoms with Crippen LogP contribution in [0.1, 0.15) is 29.8 Å². The standard InChI is InChI=1S/C20H22BrN3O5S/c1-12-10-16(21)6-9-18(12)23-19(26)11-22-20(27)13(2)24-30(28,29)17-7-4-15(5-8-17)14(3)25/h4-10,13,24H,11H2,1-3H3,(H,22,27)(H,23,26). The molecule has 2 amide bonds. The van der Waals surface area contributed by atoms with E-state index in [1.807, 2.05) is 13.0 Å². The fourth-order valence-electron chi connectivity index (χ4n) is 2.51. The van der Waals surface area contributed by atoms with Crippen LogP contribution in [0.3, 0.4) is 0 Å². The fraction of sp³-hybridized carbons (Fsp3) is 0.250. The van der Waals surface area contributed by atoms with E-state index in [1.165, 1.54) is 38.1 Å². The largest absolute Gasteiger partial charge is 0.346 e. The van der Waals surface area contributed by atoms with Crippen molar-refractivity contribution < 1.29 is 22.8 Å². The van der Waals surface area contributed by atoms with Crippen molar-refractivity contribution in [1.82, 2.24) is 10.0 Å². The van der Waals surface area contributed by atoms with Crippen molar-refractivity contribution >= 4 is 49.2 Å². The first kappa shape index (κ1) is 23.7. The molecular weight excluding hydrogens is 474 g/mol. The molecular formula is C20H22BrN3O5S. The maximum Gasteiger partial charge on any atom is 0.243 e. The Hall–Kier alpha value is -2.56. The number of aryl methyl sites for hydroxylation is 1. The second-order valence-corrected chi connectivity index (χ2v) is 9.28. The zero-order valence-corrected chi connectivity index (χ0v) is 19.1. The van der Waals surface area contributed by atoms with Gasteiger partial charge in [0, 0.05) is 15.7 Å². The highest BCUT2D eigenvalue weighted by molar-refractivity contribution is 9.10. The minimum Gasteiger partial charge on any atom is -0.346 e. The van der Waals surface area contributed by atoms with Gasteiger partial charge in [-0.15, -0.1) is 0 Å². The van der Waals surface area contributed by atoms with Gasteiger partial charge in [0.05, 0.1) is 17.5 Å². The topological polar surface area (TPSA) is 121 Å². The average molecular weight is 496 g/mol. The average Bonchev–Trinajstić information content (AvgIpc) is 2.68. The third-order valence-corrected chi connectivity index (χ3v) is 6.23. The number of sulfonamides is 1. The van der Waals surface area contributed by atoms with Crippen LogP contribution in [-0.2, 0) is 19.6 Å². The van der Waals surface area contributed by atoms with Crippen LogP contribution in [0.4, 0.5) is 5.69 Å². The van der Waals surface area contributed by atoms with Gasteiger partial charge >= 0.3 is 0 Å². The molecule has 0 fully saturated rings. The van der Waals surface area contributed by atoms with Gasteiger partial charge in [0.1, 0.15) is 0 Å². The Morgan fingerprint density at radius 3 is 2.27 bits per heavy atom. The number of ketones is 1. The third kappa shape index (κ3) is 6.48. The number of benzene rings is 2. The van der Waals surface area contributed by atoms with E-state index in [0.29, 0.717) is 11.3 Å². The molecule has 0 heterocycles. The second kappa shape index (κ2) is 9.96. The number of Topliss-reactive ketones (excluding diaryl/α,β-unsaturated/α-hetero) is 1. The van der Waals surface area contributed by atoms with Crippen LogP contribution in [0.15, 0.2) is 51.8 Å². The lowest BCUT2D eigenvalue weighted by atomic mass is 10.2. The summed E-state index contributed by atoms with van der Waals surface area (Å²) in [4.78, 5) is 35.5. The van der Waals surface area contributed by atoms with Gasteiger partial charge in [-0.25, -0.2) is 8.42 Å². The maximum atomic E-state index is 12.4. The second-order valence-electron chi connectivity index (χ2n) is 6.65. The van der Waals surface area contributed by atoms with Gasteiger partial charge in [0.25, 0.3) is 0 Å². The Bertz CT molecular complexity index is 1070. The molecule has 0 aliphatic carbocycles. The Morgan fingerprint density at radius 2 is 1.70 bits per heavy atom. The quantitative estimate of drug-likeness (QED) is 0.485. The van der Waals surface area contributed by atoms with Gasteiger partial charge in [0.15, 0.2) is 5.78 Å². The molecule has 3 N–H and O–H groups in total. The predicted molar refractivity (Wildman–Crippen MR) is 117 cm³/mol. The predicted octanol–water partition coefficient (Wildman–Crippen LogP) is 2.38. The normalized spacial score (nSPS) is 12.1. The molecule has 2 aromatic rings. The minimum absolute atomic E-state index is 0.0735.